The van der Waals surface area contributed by atoms with Crippen molar-refractivity contribution < 1.29 is 14.3 Å². The number of alkyl carbamates (subject to hydrolysis) is 1. The fraction of sp³-hybridized carbons (Fsp3) is 0.238. The van der Waals surface area contributed by atoms with Crippen LogP contribution in [0.5, 0.6) is 0 Å². The summed E-state index contributed by atoms with van der Waals surface area (Å²) in [5.41, 5.74) is 2.62. The number of benzene rings is 2. The van der Waals surface area contributed by atoms with E-state index in [1.54, 1.807) is 12.1 Å². The Morgan fingerprint density at radius 2 is 1.78 bits per heavy atom. The molecular weight excluding hydrogens is 342 g/mol. The number of aromatic amines is 1. The maximum absolute atomic E-state index is 12.5. The molecule has 0 aliphatic carbocycles. The van der Waals surface area contributed by atoms with Crippen LogP contribution in [0.1, 0.15) is 36.7 Å². The monoisotopic (exact) mass is 365 g/mol. The summed E-state index contributed by atoms with van der Waals surface area (Å²) in [6.07, 6.45) is 1.37. The average molecular weight is 365 g/mol. The lowest BCUT2D eigenvalue weighted by molar-refractivity contribution is 0.0523. The summed E-state index contributed by atoms with van der Waals surface area (Å²) in [4.78, 5) is 27.3. The molecule has 3 aromatic rings. The van der Waals surface area contributed by atoms with Crippen molar-refractivity contribution in [3.05, 3.63) is 65.9 Å². The molecular formula is C21H23N3O3. The molecule has 2 aromatic carbocycles. The van der Waals surface area contributed by atoms with Crippen LogP contribution in [0.15, 0.2) is 54.7 Å². The zero-order chi connectivity index (χ0) is 19.4. The molecule has 3 N–H and O–H groups in total. The first-order valence-electron chi connectivity index (χ1n) is 8.75. The molecule has 0 spiro atoms. The molecule has 0 unspecified atom stereocenters. The first-order valence-corrected chi connectivity index (χ1v) is 8.75. The van der Waals surface area contributed by atoms with Crippen LogP contribution in [0.2, 0.25) is 0 Å². The summed E-state index contributed by atoms with van der Waals surface area (Å²) >= 11 is 0. The smallest absolute Gasteiger partial charge is 0.407 e. The highest BCUT2D eigenvalue weighted by Gasteiger charge is 2.15. The van der Waals surface area contributed by atoms with Crippen molar-refractivity contribution in [3.8, 4) is 0 Å². The van der Waals surface area contributed by atoms with E-state index in [9.17, 15) is 9.59 Å². The highest BCUT2D eigenvalue weighted by atomic mass is 16.6. The van der Waals surface area contributed by atoms with Crippen LogP contribution in [0.25, 0.3) is 10.9 Å². The number of ether oxygens (including phenoxy) is 1. The zero-order valence-electron chi connectivity index (χ0n) is 15.6. The van der Waals surface area contributed by atoms with Crippen LogP contribution >= 0.6 is 0 Å². The average Bonchev–Trinajstić information content (AvgIpc) is 3.09. The van der Waals surface area contributed by atoms with Gasteiger partial charge in [-0.25, -0.2) is 4.79 Å². The number of amides is 2. The van der Waals surface area contributed by atoms with E-state index >= 15 is 0 Å². The lowest BCUT2D eigenvalue weighted by Crippen LogP contribution is -2.32. The number of fused-ring (bicyclic) bond motifs is 1. The van der Waals surface area contributed by atoms with Gasteiger partial charge in [0.1, 0.15) is 5.60 Å². The quantitative estimate of drug-likeness (QED) is 0.639. The highest BCUT2D eigenvalue weighted by Crippen LogP contribution is 2.22. The number of anilines is 1. The third kappa shape index (κ3) is 4.88. The van der Waals surface area contributed by atoms with E-state index in [0.29, 0.717) is 12.1 Å². The Bertz CT molecular complexity index is 953. The normalized spacial score (nSPS) is 11.2. The van der Waals surface area contributed by atoms with E-state index in [-0.39, 0.29) is 5.91 Å². The maximum atomic E-state index is 12.5. The molecule has 0 aliphatic rings. The van der Waals surface area contributed by atoms with Gasteiger partial charge in [0.05, 0.1) is 5.69 Å². The van der Waals surface area contributed by atoms with Crippen molar-refractivity contribution in [2.24, 2.45) is 0 Å². The molecule has 2 amide bonds. The van der Waals surface area contributed by atoms with Crippen LogP contribution in [0.3, 0.4) is 0 Å². The summed E-state index contributed by atoms with van der Waals surface area (Å²) in [6, 6.07) is 14.7. The maximum Gasteiger partial charge on any atom is 0.407 e. The van der Waals surface area contributed by atoms with Crippen molar-refractivity contribution in [3.63, 3.8) is 0 Å². The van der Waals surface area contributed by atoms with Gasteiger partial charge in [-0.3, -0.25) is 4.79 Å². The Morgan fingerprint density at radius 1 is 1.04 bits per heavy atom. The van der Waals surface area contributed by atoms with E-state index < -0.39 is 11.7 Å². The van der Waals surface area contributed by atoms with Crippen molar-refractivity contribution in [1.29, 1.82) is 0 Å². The first-order chi connectivity index (χ1) is 12.8. The van der Waals surface area contributed by atoms with Crippen LogP contribution in [-0.4, -0.2) is 22.6 Å². The number of rotatable bonds is 4. The molecule has 1 aromatic heterocycles. The van der Waals surface area contributed by atoms with E-state index in [4.69, 9.17) is 4.74 Å². The lowest BCUT2D eigenvalue weighted by Gasteiger charge is -2.19. The van der Waals surface area contributed by atoms with Crippen molar-refractivity contribution in [2.75, 3.05) is 5.32 Å². The lowest BCUT2D eigenvalue weighted by atomic mass is 10.1. The summed E-state index contributed by atoms with van der Waals surface area (Å²) in [6.45, 7) is 5.77. The van der Waals surface area contributed by atoms with Gasteiger partial charge in [-0.2, -0.15) is 0 Å². The molecule has 0 saturated heterocycles. The van der Waals surface area contributed by atoms with Crippen LogP contribution in [0.4, 0.5) is 10.5 Å². The molecule has 0 saturated carbocycles. The van der Waals surface area contributed by atoms with E-state index in [0.717, 1.165) is 22.2 Å². The minimum Gasteiger partial charge on any atom is -0.444 e. The van der Waals surface area contributed by atoms with Crippen molar-refractivity contribution in [1.82, 2.24) is 10.3 Å². The molecule has 0 aliphatic heterocycles. The summed E-state index contributed by atoms with van der Waals surface area (Å²) < 4.78 is 5.20. The highest BCUT2D eigenvalue weighted by molar-refractivity contribution is 6.08. The van der Waals surface area contributed by atoms with Gasteiger partial charge < -0.3 is 20.4 Å². The Hall–Kier alpha value is -3.28. The molecule has 1 heterocycles. The Balaban J connectivity index is 1.60. The summed E-state index contributed by atoms with van der Waals surface area (Å²) in [5, 5.41) is 6.59. The molecule has 0 bridgehead atoms. The topological polar surface area (TPSA) is 83.2 Å². The summed E-state index contributed by atoms with van der Waals surface area (Å²) in [5.74, 6) is -0.185. The molecule has 0 atom stereocenters. The number of nitrogens with one attached hydrogen (secondary N) is 3. The minimum atomic E-state index is -0.533. The molecule has 27 heavy (non-hydrogen) atoms. The second-order valence-electron chi connectivity index (χ2n) is 7.25. The van der Waals surface area contributed by atoms with Crippen molar-refractivity contribution >= 4 is 28.6 Å². The standard InChI is InChI=1S/C21H23N3O3/c1-21(2,3)27-20(26)23-13-14-7-9-15(10-8-14)19(25)24-18-6-4-5-17-16(18)11-12-22-17/h4-12,22H,13H2,1-3H3,(H,23,26)(H,24,25). The first kappa shape index (κ1) is 18.5. The number of hydrogen-bond donors (Lipinski definition) is 3. The Kier molecular flexibility index (Phi) is 5.16. The number of aromatic nitrogens is 1. The van der Waals surface area contributed by atoms with Crippen molar-refractivity contribution in [2.45, 2.75) is 32.9 Å². The largest absolute Gasteiger partial charge is 0.444 e. The van der Waals surface area contributed by atoms with E-state index in [1.807, 2.05) is 63.4 Å². The van der Waals surface area contributed by atoms with Crippen LogP contribution in [0, 0.1) is 0 Å². The Labute approximate surface area is 157 Å². The zero-order valence-corrected chi connectivity index (χ0v) is 15.6. The van der Waals surface area contributed by atoms with Gasteiger partial charge in [-0.05, 0) is 56.7 Å². The number of hydrogen-bond acceptors (Lipinski definition) is 3. The predicted molar refractivity (Wildman–Crippen MR) is 106 cm³/mol. The van der Waals surface area contributed by atoms with Gasteiger partial charge in [0.25, 0.3) is 5.91 Å². The Morgan fingerprint density at radius 3 is 2.48 bits per heavy atom. The van der Waals surface area contributed by atoms with Gasteiger partial charge in [-0.15, -0.1) is 0 Å². The molecule has 3 rings (SSSR count). The van der Waals surface area contributed by atoms with E-state index in [2.05, 4.69) is 15.6 Å². The second kappa shape index (κ2) is 7.53. The number of H-pyrrole nitrogens is 1. The van der Waals surface area contributed by atoms with Crippen LogP contribution < -0.4 is 10.6 Å². The predicted octanol–water partition coefficient (Wildman–Crippen LogP) is 4.44. The SMILES string of the molecule is CC(C)(C)OC(=O)NCc1ccc(C(=O)Nc2cccc3[nH]ccc23)cc1. The van der Waals surface area contributed by atoms with Gasteiger partial charge in [0, 0.05) is 29.2 Å². The molecule has 6 nitrogen and oxygen atoms in total. The van der Waals surface area contributed by atoms with E-state index in [1.165, 1.54) is 0 Å². The fourth-order valence-corrected chi connectivity index (χ4v) is 2.65. The molecule has 6 heteroatoms. The van der Waals surface area contributed by atoms with Gasteiger partial charge >= 0.3 is 6.09 Å². The third-order valence-electron chi connectivity index (χ3n) is 3.90. The summed E-state index contributed by atoms with van der Waals surface area (Å²) in [7, 11) is 0. The molecule has 0 radical (unpaired) electrons. The molecule has 140 valence electrons. The van der Waals surface area contributed by atoms with Gasteiger partial charge in [0.2, 0.25) is 0 Å². The van der Waals surface area contributed by atoms with Gasteiger partial charge in [0.15, 0.2) is 0 Å². The third-order valence-corrected chi connectivity index (χ3v) is 3.90. The fourth-order valence-electron chi connectivity index (χ4n) is 2.65. The minimum absolute atomic E-state index is 0.185. The van der Waals surface area contributed by atoms with Gasteiger partial charge in [-0.1, -0.05) is 18.2 Å². The second-order valence-corrected chi connectivity index (χ2v) is 7.25. The number of carbonyl (C=O) groups is 2. The molecule has 0 fully saturated rings. The van der Waals surface area contributed by atoms with Crippen LogP contribution in [-0.2, 0) is 11.3 Å². The number of carbonyl (C=O) groups excluding carboxylic acids is 2.